The van der Waals surface area contributed by atoms with E-state index in [-0.39, 0.29) is 0 Å². The molecule has 1 unspecified atom stereocenters. The second kappa shape index (κ2) is 5.58. The Morgan fingerprint density at radius 3 is 1.94 bits per heavy atom. The first-order valence-corrected chi connectivity index (χ1v) is 5.41. The Labute approximate surface area is 104 Å². The van der Waals surface area contributed by atoms with Crippen LogP contribution in [0.25, 0.3) is 0 Å². The van der Waals surface area contributed by atoms with Gasteiger partial charge in [0, 0.05) is 13.6 Å². The van der Waals surface area contributed by atoms with Crippen LogP contribution < -0.4 is 0 Å². The first kappa shape index (κ1) is 16.7. The van der Waals surface area contributed by atoms with Crippen molar-refractivity contribution in [2.24, 2.45) is 11.3 Å². The molecule has 0 aliphatic heterocycles. The molecule has 18 heavy (non-hydrogen) atoms. The lowest BCUT2D eigenvalue weighted by Gasteiger charge is -2.30. The third kappa shape index (κ3) is 5.37. The molecule has 0 saturated carbocycles. The Kier molecular flexibility index (Phi) is 5.19. The molecule has 0 aromatic carbocycles. The maximum Gasteiger partial charge on any atom is 0.390 e. The topological polar surface area (TPSA) is 57.6 Å². The summed E-state index contributed by atoms with van der Waals surface area (Å²) >= 11 is 0. The van der Waals surface area contributed by atoms with Crippen molar-refractivity contribution in [3.8, 4) is 0 Å². The molecule has 7 heteroatoms. The van der Waals surface area contributed by atoms with E-state index in [4.69, 9.17) is 5.11 Å². The van der Waals surface area contributed by atoms with Crippen molar-refractivity contribution in [2.75, 3.05) is 13.6 Å². The van der Waals surface area contributed by atoms with Crippen LogP contribution in [-0.4, -0.2) is 41.7 Å². The summed E-state index contributed by atoms with van der Waals surface area (Å²) in [4.78, 5) is 23.7. The smallest absolute Gasteiger partial charge is 0.390 e. The molecule has 0 aliphatic rings. The second-order valence-electron chi connectivity index (χ2n) is 5.26. The van der Waals surface area contributed by atoms with E-state index in [0.29, 0.717) is 0 Å². The normalized spacial score (nSPS) is 14.2. The molecule has 0 aliphatic carbocycles. The van der Waals surface area contributed by atoms with E-state index in [2.05, 4.69) is 0 Å². The van der Waals surface area contributed by atoms with Gasteiger partial charge >= 0.3 is 12.1 Å². The third-order valence-electron chi connectivity index (χ3n) is 2.47. The van der Waals surface area contributed by atoms with Crippen LogP contribution in [0.5, 0.6) is 0 Å². The number of rotatable bonds is 4. The van der Waals surface area contributed by atoms with Crippen molar-refractivity contribution in [3.05, 3.63) is 0 Å². The lowest BCUT2D eigenvalue weighted by Crippen LogP contribution is -2.44. The van der Waals surface area contributed by atoms with Gasteiger partial charge in [-0.1, -0.05) is 20.8 Å². The Hall–Kier alpha value is -1.27. The van der Waals surface area contributed by atoms with E-state index >= 15 is 0 Å². The van der Waals surface area contributed by atoms with E-state index in [1.165, 1.54) is 7.05 Å². The van der Waals surface area contributed by atoms with Crippen molar-refractivity contribution >= 4 is 11.9 Å². The molecule has 0 fully saturated rings. The van der Waals surface area contributed by atoms with Gasteiger partial charge in [-0.25, -0.2) is 0 Å². The first-order chi connectivity index (χ1) is 7.86. The summed E-state index contributed by atoms with van der Waals surface area (Å²) in [5, 5.41) is 8.99. The fourth-order valence-corrected chi connectivity index (χ4v) is 1.47. The molecule has 0 bridgehead atoms. The maximum atomic E-state index is 12.0. The summed E-state index contributed by atoms with van der Waals surface area (Å²) in [6.45, 7) is 4.13. The number of hydrogen-bond acceptors (Lipinski definition) is 2. The third-order valence-corrected chi connectivity index (χ3v) is 2.47. The molecule has 0 aromatic rings. The van der Waals surface area contributed by atoms with Crippen LogP contribution in [0.3, 0.4) is 0 Å². The number of carbonyl (C=O) groups excluding carboxylic acids is 1. The van der Waals surface area contributed by atoms with Gasteiger partial charge in [0.15, 0.2) is 0 Å². The lowest BCUT2D eigenvalue weighted by molar-refractivity contribution is -0.157. The van der Waals surface area contributed by atoms with Crippen LogP contribution >= 0.6 is 0 Å². The molecule has 1 N–H and O–H groups in total. The molecule has 1 amide bonds. The first-order valence-electron chi connectivity index (χ1n) is 5.41. The van der Waals surface area contributed by atoms with Crippen LogP contribution in [0.4, 0.5) is 13.2 Å². The van der Waals surface area contributed by atoms with Crippen LogP contribution in [-0.2, 0) is 9.59 Å². The molecule has 106 valence electrons. The molecule has 0 rings (SSSR count). The highest BCUT2D eigenvalue weighted by Crippen LogP contribution is 2.28. The number of alkyl halides is 3. The van der Waals surface area contributed by atoms with Gasteiger partial charge < -0.3 is 10.0 Å². The van der Waals surface area contributed by atoms with E-state index in [1.54, 1.807) is 20.8 Å². The van der Waals surface area contributed by atoms with E-state index in [0.717, 1.165) is 4.90 Å². The average Bonchev–Trinajstić information content (AvgIpc) is 2.09. The van der Waals surface area contributed by atoms with Crippen molar-refractivity contribution in [1.29, 1.82) is 0 Å². The zero-order valence-corrected chi connectivity index (χ0v) is 10.8. The highest BCUT2D eigenvalue weighted by molar-refractivity contribution is 5.97. The number of amides is 1. The molecule has 0 spiro atoms. The molecule has 1 atom stereocenters. The highest BCUT2D eigenvalue weighted by Gasteiger charge is 2.40. The molecule has 4 nitrogen and oxygen atoms in total. The summed E-state index contributed by atoms with van der Waals surface area (Å²) in [5.74, 6) is -3.48. The van der Waals surface area contributed by atoms with Crippen LogP contribution in [0.1, 0.15) is 27.2 Å². The monoisotopic (exact) mass is 269 g/mol. The van der Waals surface area contributed by atoms with Gasteiger partial charge in [0.05, 0.1) is 6.42 Å². The van der Waals surface area contributed by atoms with Crippen molar-refractivity contribution in [1.82, 2.24) is 4.90 Å². The van der Waals surface area contributed by atoms with Crippen molar-refractivity contribution in [3.63, 3.8) is 0 Å². The maximum absolute atomic E-state index is 12.0. The summed E-state index contributed by atoms with van der Waals surface area (Å²) in [5.41, 5.74) is -0.852. The van der Waals surface area contributed by atoms with Gasteiger partial charge in [-0.15, -0.1) is 0 Å². The minimum atomic E-state index is -4.37. The number of carboxylic acids is 1. The predicted molar refractivity (Wildman–Crippen MR) is 58.9 cm³/mol. The fraction of sp³-hybridized carbons (Fsp3) is 0.818. The van der Waals surface area contributed by atoms with Gasteiger partial charge in [-0.3, -0.25) is 9.59 Å². The van der Waals surface area contributed by atoms with Crippen molar-refractivity contribution < 1.29 is 27.9 Å². The lowest BCUT2D eigenvalue weighted by atomic mass is 9.80. The Balaban J connectivity index is 4.75. The van der Waals surface area contributed by atoms with Gasteiger partial charge in [-0.2, -0.15) is 13.2 Å². The van der Waals surface area contributed by atoms with Crippen molar-refractivity contribution in [2.45, 2.75) is 33.4 Å². The van der Waals surface area contributed by atoms with Crippen LogP contribution in [0.15, 0.2) is 0 Å². The standard InChI is InChI=1S/C11H18F3NO3/c1-10(2,3)7(9(17)18)8(16)15(4)6-5-11(12,13)14/h7H,5-6H2,1-4H3,(H,17,18). The minimum absolute atomic E-state index is 0.539. The Morgan fingerprint density at radius 1 is 1.22 bits per heavy atom. The van der Waals surface area contributed by atoms with E-state index in [1.807, 2.05) is 0 Å². The number of nitrogens with zero attached hydrogens (tertiary/aromatic N) is 1. The number of carboxylic acid groups (broad SMARTS) is 1. The zero-order valence-electron chi connectivity index (χ0n) is 10.8. The SMILES string of the molecule is CN(CCC(F)(F)F)C(=O)C(C(=O)O)C(C)(C)C. The van der Waals surface area contributed by atoms with Gasteiger partial charge in [0.1, 0.15) is 5.92 Å². The Morgan fingerprint density at radius 2 is 1.67 bits per heavy atom. The van der Waals surface area contributed by atoms with Gasteiger partial charge in [0.25, 0.3) is 0 Å². The summed E-state index contributed by atoms with van der Waals surface area (Å²) in [7, 11) is 1.18. The number of aliphatic carboxylic acids is 1. The number of hydrogen-bond donors (Lipinski definition) is 1. The number of carbonyl (C=O) groups is 2. The molecule has 0 aromatic heterocycles. The molecular weight excluding hydrogens is 251 g/mol. The van der Waals surface area contributed by atoms with E-state index in [9.17, 15) is 22.8 Å². The number of halogens is 3. The van der Waals surface area contributed by atoms with Crippen LogP contribution in [0.2, 0.25) is 0 Å². The summed E-state index contributed by atoms with van der Waals surface area (Å²) in [6, 6.07) is 0. The molecule has 0 heterocycles. The summed E-state index contributed by atoms with van der Waals surface area (Å²) < 4.78 is 36.1. The fourth-order valence-electron chi connectivity index (χ4n) is 1.47. The quantitative estimate of drug-likeness (QED) is 0.795. The van der Waals surface area contributed by atoms with Crippen LogP contribution in [0, 0.1) is 11.3 Å². The average molecular weight is 269 g/mol. The molecule has 0 radical (unpaired) electrons. The van der Waals surface area contributed by atoms with Gasteiger partial charge in [-0.05, 0) is 5.41 Å². The van der Waals surface area contributed by atoms with E-state index < -0.39 is 42.4 Å². The summed E-state index contributed by atoms with van der Waals surface area (Å²) in [6.07, 6.45) is -5.51. The Bertz CT molecular complexity index is 320. The largest absolute Gasteiger partial charge is 0.481 e. The highest BCUT2D eigenvalue weighted by atomic mass is 19.4. The van der Waals surface area contributed by atoms with Gasteiger partial charge in [0.2, 0.25) is 5.91 Å². The molecular formula is C11H18F3NO3. The minimum Gasteiger partial charge on any atom is -0.481 e. The predicted octanol–water partition coefficient (Wildman–Crippen LogP) is 2.14. The molecule has 0 saturated heterocycles. The second-order valence-corrected chi connectivity index (χ2v) is 5.26. The zero-order chi connectivity index (χ0) is 14.7.